The van der Waals surface area contributed by atoms with Gasteiger partial charge in [-0.15, -0.1) is 0 Å². The number of benzene rings is 2. The van der Waals surface area contributed by atoms with Gasteiger partial charge in [0.2, 0.25) is 0 Å². The molecule has 1 saturated heterocycles. The molecule has 0 N–H and O–H groups in total. The number of nitrogens with zero attached hydrogens (tertiary/aromatic N) is 2. The molecule has 0 bridgehead atoms. The molecule has 9 heteroatoms. The van der Waals surface area contributed by atoms with Crippen LogP contribution in [0.1, 0.15) is 30.1 Å². The number of carbonyl (C=O) groups excluding carboxylic acids is 3. The van der Waals surface area contributed by atoms with Crippen LogP contribution in [-0.2, 0) is 19.1 Å². The van der Waals surface area contributed by atoms with E-state index in [1.807, 2.05) is 24.3 Å². The summed E-state index contributed by atoms with van der Waals surface area (Å²) in [5.74, 6) is -0.224. The third-order valence-electron chi connectivity index (χ3n) is 6.41. The summed E-state index contributed by atoms with van der Waals surface area (Å²) in [4.78, 5) is 44.1. The minimum atomic E-state index is -0.616. The van der Waals surface area contributed by atoms with Crippen LogP contribution in [0.15, 0.2) is 48.5 Å². The molecule has 0 unspecified atom stereocenters. The summed E-state index contributed by atoms with van der Waals surface area (Å²) >= 11 is 0. The molecule has 37 heavy (non-hydrogen) atoms. The van der Waals surface area contributed by atoms with Crippen molar-refractivity contribution in [2.75, 3.05) is 40.5 Å². The van der Waals surface area contributed by atoms with Gasteiger partial charge in [-0.05, 0) is 50.1 Å². The average Bonchev–Trinajstić information content (AvgIpc) is 2.94. The van der Waals surface area contributed by atoms with Gasteiger partial charge in [-0.25, -0.2) is 9.78 Å². The van der Waals surface area contributed by atoms with Gasteiger partial charge in [-0.2, -0.15) is 0 Å². The number of hydrogen-bond donors (Lipinski definition) is 0. The predicted molar refractivity (Wildman–Crippen MR) is 137 cm³/mol. The molecule has 1 amide bonds. The number of pyridine rings is 1. The van der Waals surface area contributed by atoms with Crippen LogP contribution in [0.25, 0.3) is 22.2 Å². The molecule has 0 radical (unpaired) electrons. The van der Waals surface area contributed by atoms with Crippen LogP contribution in [0, 0.1) is 5.92 Å². The molecule has 0 atom stereocenters. The van der Waals surface area contributed by atoms with Crippen LogP contribution in [0.2, 0.25) is 0 Å². The molecule has 2 heterocycles. The summed E-state index contributed by atoms with van der Waals surface area (Å²) in [5, 5.41) is 0.624. The van der Waals surface area contributed by atoms with Crippen LogP contribution in [0.4, 0.5) is 0 Å². The van der Waals surface area contributed by atoms with Gasteiger partial charge in [0, 0.05) is 24.0 Å². The van der Waals surface area contributed by atoms with Crippen molar-refractivity contribution in [1.29, 1.82) is 0 Å². The van der Waals surface area contributed by atoms with E-state index >= 15 is 0 Å². The number of amides is 1. The summed E-state index contributed by atoms with van der Waals surface area (Å²) in [6.45, 7) is 2.56. The Labute approximate surface area is 215 Å². The van der Waals surface area contributed by atoms with Gasteiger partial charge < -0.3 is 23.8 Å². The van der Waals surface area contributed by atoms with E-state index in [-0.39, 0.29) is 24.4 Å². The molecule has 9 nitrogen and oxygen atoms in total. The highest BCUT2D eigenvalue weighted by molar-refractivity contribution is 6.05. The second kappa shape index (κ2) is 11.7. The quantitative estimate of drug-likeness (QED) is 0.424. The van der Waals surface area contributed by atoms with E-state index in [1.165, 1.54) is 0 Å². The van der Waals surface area contributed by atoms with Gasteiger partial charge in [-0.1, -0.05) is 18.2 Å². The zero-order chi connectivity index (χ0) is 26.4. The van der Waals surface area contributed by atoms with E-state index in [1.54, 1.807) is 50.3 Å². The van der Waals surface area contributed by atoms with Gasteiger partial charge in [0.05, 0.1) is 43.5 Å². The first-order valence-electron chi connectivity index (χ1n) is 12.2. The van der Waals surface area contributed by atoms with Crippen molar-refractivity contribution in [3.05, 3.63) is 54.1 Å². The molecule has 3 aromatic rings. The number of methoxy groups -OCH3 is 2. The Kier molecular flexibility index (Phi) is 8.22. The number of fused-ring (bicyclic) bond motifs is 1. The van der Waals surface area contributed by atoms with Crippen LogP contribution >= 0.6 is 0 Å². The highest BCUT2D eigenvalue weighted by Crippen LogP contribution is 2.33. The molecule has 4 rings (SSSR count). The Bertz CT molecular complexity index is 1300. The Balaban J connectivity index is 1.49. The van der Waals surface area contributed by atoms with Gasteiger partial charge in [-0.3, -0.25) is 9.59 Å². The Morgan fingerprint density at radius 2 is 1.68 bits per heavy atom. The minimum absolute atomic E-state index is 0.204. The van der Waals surface area contributed by atoms with Crippen LogP contribution < -0.4 is 9.47 Å². The van der Waals surface area contributed by atoms with E-state index in [4.69, 9.17) is 23.9 Å². The highest BCUT2D eigenvalue weighted by atomic mass is 16.5. The number of esters is 2. The van der Waals surface area contributed by atoms with Gasteiger partial charge >= 0.3 is 11.9 Å². The fourth-order valence-electron chi connectivity index (χ4n) is 4.41. The molecule has 1 fully saturated rings. The van der Waals surface area contributed by atoms with Gasteiger partial charge in [0.25, 0.3) is 5.91 Å². The smallest absolute Gasteiger partial charge is 0.339 e. The maximum Gasteiger partial charge on any atom is 0.339 e. The molecule has 0 spiro atoms. The number of carbonyl (C=O) groups is 3. The van der Waals surface area contributed by atoms with Gasteiger partial charge in [0.1, 0.15) is 0 Å². The number of rotatable bonds is 8. The van der Waals surface area contributed by atoms with Crippen molar-refractivity contribution in [1.82, 2.24) is 9.88 Å². The summed E-state index contributed by atoms with van der Waals surface area (Å²) < 4.78 is 21.2. The molecule has 194 valence electrons. The molecule has 0 saturated carbocycles. The number of piperidine rings is 1. The topological polar surface area (TPSA) is 104 Å². The maximum atomic E-state index is 13.1. The van der Waals surface area contributed by atoms with Crippen molar-refractivity contribution < 1.29 is 33.3 Å². The summed E-state index contributed by atoms with van der Waals surface area (Å²) in [6.07, 6.45) is 1.06. The first-order valence-corrected chi connectivity index (χ1v) is 12.2. The van der Waals surface area contributed by atoms with Crippen molar-refractivity contribution in [2.24, 2.45) is 5.92 Å². The predicted octanol–water partition coefficient (Wildman–Crippen LogP) is 3.88. The molecule has 1 aliphatic heterocycles. The largest absolute Gasteiger partial charge is 0.493 e. The molecular weight excluding hydrogens is 476 g/mol. The Morgan fingerprint density at radius 3 is 2.38 bits per heavy atom. The third kappa shape index (κ3) is 5.82. The fraction of sp³-hybridized carbons (Fsp3) is 0.357. The third-order valence-corrected chi connectivity index (χ3v) is 6.41. The molecule has 0 aliphatic carbocycles. The van der Waals surface area contributed by atoms with Crippen molar-refractivity contribution in [2.45, 2.75) is 19.8 Å². The Hall–Kier alpha value is -4.14. The van der Waals surface area contributed by atoms with Crippen LogP contribution in [-0.4, -0.2) is 68.3 Å². The number of aromatic nitrogens is 1. The normalized spacial score (nSPS) is 13.8. The Morgan fingerprint density at radius 1 is 0.946 bits per heavy atom. The zero-order valence-corrected chi connectivity index (χ0v) is 21.2. The zero-order valence-electron chi connectivity index (χ0n) is 21.2. The van der Waals surface area contributed by atoms with E-state index < -0.39 is 5.97 Å². The van der Waals surface area contributed by atoms with Crippen molar-refractivity contribution in [3.63, 3.8) is 0 Å². The molecule has 1 aromatic heterocycles. The number of likely N-dealkylation sites (tertiary alicyclic amines) is 1. The number of ether oxygens (including phenoxy) is 4. The number of para-hydroxylation sites is 1. The second-order valence-corrected chi connectivity index (χ2v) is 8.63. The molecular formula is C28H30N2O7. The molecule has 1 aliphatic rings. The van der Waals surface area contributed by atoms with E-state index in [2.05, 4.69) is 0 Å². The maximum absolute atomic E-state index is 13.1. The standard InChI is InChI=1S/C28H30N2O7/c1-4-36-27(32)18-11-13-30(14-12-18)26(31)17-37-28(33)21-16-23(29-22-8-6-5-7-20(21)22)19-9-10-24(34-2)25(15-19)35-3/h5-10,15-16,18H,4,11-14,17H2,1-3H3. The summed E-state index contributed by atoms with van der Waals surface area (Å²) in [6, 6.07) is 14.3. The monoisotopic (exact) mass is 506 g/mol. The average molecular weight is 507 g/mol. The lowest BCUT2D eigenvalue weighted by molar-refractivity contribution is -0.151. The van der Waals surface area contributed by atoms with E-state index in [0.717, 1.165) is 5.56 Å². The second-order valence-electron chi connectivity index (χ2n) is 8.63. The van der Waals surface area contributed by atoms with Crippen LogP contribution in [0.5, 0.6) is 11.5 Å². The number of hydrogen-bond acceptors (Lipinski definition) is 8. The van der Waals surface area contributed by atoms with Crippen molar-refractivity contribution >= 4 is 28.7 Å². The van der Waals surface area contributed by atoms with Gasteiger partial charge in [0.15, 0.2) is 18.1 Å². The van der Waals surface area contributed by atoms with E-state index in [9.17, 15) is 14.4 Å². The fourth-order valence-corrected chi connectivity index (χ4v) is 4.41. The summed E-state index contributed by atoms with van der Waals surface area (Å²) in [5.41, 5.74) is 2.22. The SMILES string of the molecule is CCOC(=O)C1CCN(C(=O)COC(=O)c2cc(-c3ccc(OC)c(OC)c3)nc3ccccc23)CC1. The lowest BCUT2D eigenvalue weighted by atomic mass is 9.97. The lowest BCUT2D eigenvalue weighted by Crippen LogP contribution is -2.42. The summed E-state index contributed by atoms with van der Waals surface area (Å²) in [7, 11) is 3.11. The lowest BCUT2D eigenvalue weighted by Gasteiger charge is -2.30. The molecule has 2 aromatic carbocycles. The first kappa shape index (κ1) is 25.9. The van der Waals surface area contributed by atoms with E-state index in [0.29, 0.717) is 66.2 Å². The van der Waals surface area contributed by atoms with Crippen LogP contribution in [0.3, 0.4) is 0 Å². The minimum Gasteiger partial charge on any atom is -0.493 e. The van der Waals surface area contributed by atoms with Crippen molar-refractivity contribution in [3.8, 4) is 22.8 Å². The first-order chi connectivity index (χ1) is 17.9. The highest BCUT2D eigenvalue weighted by Gasteiger charge is 2.28.